The molecule has 2 aliphatic heterocycles. The van der Waals surface area contributed by atoms with Gasteiger partial charge < -0.3 is 15.1 Å². The van der Waals surface area contributed by atoms with E-state index in [1.807, 2.05) is 35.2 Å². The molecular formula is C24H29BrClN3O. The van der Waals surface area contributed by atoms with E-state index in [0.29, 0.717) is 12.5 Å². The number of urea groups is 1. The molecule has 1 N–H and O–H groups in total. The first-order chi connectivity index (χ1) is 14.6. The molecule has 0 bridgehead atoms. The number of hydrogen-bond acceptors (Lipinski definition) is 2. The second kappa shape index (κ2) is 10.2. The molecule has 0 radical (unpaired) electrons. The number of hydrogen-bond donors (Lipinski definition) is 1. The fourth-order valence-electron chi connectivity index (χ4n) is 4.53. The Labute approximate surface area is 192 Å². The van der Waals surface area contributed by atoms with E-state index in [9.17, 15) is 4.79 Å². The number of piperidine rings is 1. The van der Waals surface area contributed by atoms with E-state index in [0.717, 1.165) is 48.5 Å². The van der Waals surface area contributed by atoms with Crippen molar-refractivity contribution in [3.8, 4) is 0 Å². The molecule has 0 aromatic heterocycles. The number of likely N-dealkylation sites (tertiary alicyclic amines) is 1. The van der Waals surface area contributed by atoms with Crippen LogP contribution in [-0.4, -0.2) is 48.1 Å². The SMILES string of the molecule is O=C1NC(CCN2CCC(Cc3cc(Cl)ccc3Br)CC2)CN1Cc1ccccc1. The van der Waals surface area contributed by atoms with Crippen LogP contribution in [0.15, 0.2) is 53.0 Å². The minimum atomic E-state index is 0.0645. The molecule has 0 saturated carbocycles. The van der Waals surface area contributed by atoms with Crippen LogP contribution in [0.5, 0.6) is 0 Å². The zero-order valence-electron chi connectivity index (χ0n) is 17.2. The number of rotatable bonds is 7. The van der Waals surface area contributed by atoms with Crippen LogP contribution in [0.25, 0.3) is 0 Å². The molecule has 6 heteroatoms. The number of nitrogens with one attached hydrogen (secondary N) is 1. The minimum Gasteiger partial charge on any atom is -0.333 e. The monoisotopic (exact) mass is 489 g/mol. The Morgan fingerprint density at radius 3 is 2.63 bits per heavy atom. The zero-order valence-corrected chi connectivity index (χ0v) is 19.5. The van der Waals surface area contributed by atoms with Gasteiger partial charge in [-0.05, 0) is 74.0 Å². The number of halogens is 2. The van der Waals surface area contributed by atoms with E-state index in [-0.39, 0.29) is 12.1 Å². The lowest BCUT2D eigenvalue weighted by Crippen LogP contribution is -2.38. The molecular weight excluding hydrogens is 462 g/mol. The molecule has 2 saturated heterocycles. The number of benzene rings is 2. The Kier molecular flexibility index (Phi) is 7.34. The van der Waals surface area contributed by atoms with E-state index >= 15 is 0 Å². The highest BCUT2D eigenvalue weighted by Gasteiger charge is 2.29. The van der Waals surface area contributed by atoms with Crippen LogP contribution in [0.2, 0.25) is 5.02 Å². The molecule has 1 unspecified atom stereocenters. The fourth-order valence-corrected chi connectivity index (χ4v) is 5.13. The lowest BCUT2D eigenvalue weighted by atomic mass is 9.90. The first-order valence-electron chi connectivity index (χ1n) is 10.8. The molecule has 1 atom stereocenters. The van der Waals surface area contributed by atoms with Crippen LogP contribution >= 0.6 is 27.5 Å². The topological polar surface area (TPSA) is 35.6 Å². The summed E-state index contributed by atoms with van der Waals surface area (Å²) < 4.78 is 1.16. The maximum Gasteiger partial charge on any atom is 0.318 e. The molecule has 30 heavy (non-hydrogen) atoms. The van der Waals surface area contributed by atoms with Crippen molar-refractivity contribution in [3.63, 3.8) is 0 Å². The van der Waals surface area contributed by atoms with Crippen molar-refractivity contribution < 1.29 is 4.79 Å². The summed E-state index contributed by atoms with van der Waals surface area (Å²) in [6, 6.07) is 16.6. The molecule has 4 nitrogen and oxygen atoms in total. The van der Waals surface area contributed by atoms with Gasteiger partial charge in [0.1, 0.15) is 0 Å². The minimum absolute atomic E-state index is 0.0645. The third-order valence-corrected chi connectivity index (χ3v) is 7.30. The standard InChI is InChI=1S/C24H29BrClN3O/c25-23-7-6-21(26)15-20(23)14-18-8-11-28(12-9-18)13-10-22-17-29(24(30)27-22)16-19-4-2-1-3-5-19/h1-7,15,18,22H,8-14,16-17H2,(H,27,30). The fraction of sp³-hybridized carbons (Fsp3) is 0.458. The lowest BCUT2D eigenvalue weighted by Gasteiger charge is -2.32. The van der Waals surface area contributed by atoms with Gasteiger partial charge in [-0.3, -0.25) is 0 Å². The van der Waals surface area contributed by atoms with Crippen molar-refractivity contribution in [1.82, 2.24) is 15.1 Å². The Bertz CT molecular complexity index is 855. The van der Waals surface area contributed by atoms with Gasteiger partial charge >= 0.3 is 6.03 Å². The molecule has 2 fully saturated rings. The lowest BCUT2D eigenvalue weighted by molar-refractivity contribution is 0.177. The second-order valence-electron chi connectivity index (χ2n) is 8.53. The third-order valence-electron chi connectivity index (χ3n) is 6.29. The van der Waals surface area contributed by atoms with E-state index in [2.05, 4.69) is 44.3 Å². The Morgan fingerprint density at radius 2 is 1.87 bits per heavy atom. The summed E-state index contributed by atoms with van der Waals surface area (Å²) >= 11 is 9.82. The smallest absolute Gasteiger partial charge is 0.318 e. The van der Waals surface area contributed by atoms with Crippen molar-refractivity contribution in [2.45, 2.75) is 38.3 Å². The van der Waals surface area contributed by atoms with Crippen molar-refractivity contribution >= 4 is 33.6 Å². The maximum absolute atomic E-state index is 12.3. The van der Waals surface area contributed by atoms with E-state index in [1.165, 1.54) is 24.0 Å². The van der Waals surface area contributed by atoms with Crippen molar-refractivity contribution in [2.24, 2.45) is 5.92 Å². The molecule has 0 aliphatic carbocycles. The van der Waals surface area contributed by atoms with Gasteiger partial charge in [0, 0.05) is 35.2 Å². The average molecular weight is 491 g/mol. The quantitative estimate of drug-likeness (QED) is 0.568. The van der Waals surface area contributed by atoms with Crippen LogP contribution in [0.4, 0.5) is 4.79 Å². The van der Waals surface area contributed by atoms with Gasteiger partial charge in [0.15, 0.2) is 0 Å². The summed E-state index contributed by atoms with van der Waals surface area (Å²) in [6.07, 6.45) is 4.54. The van der Waals surface area contributed by atoms with Gasteiger partial charge in [-0.2, -0.15) is 0 Å². The van der Waals surface area contributed by atoms with E-state index in [1.54, 1.807) is 0 Å². The molecule has 2 aromatic rings. The van der Waals surface area contributed by atoms with Gasteiger partial charge in [-0.25, -0.2) is 4.79 Å². The van der Waals surface area contributed by atoms with Crippen LogP contribution in [0.3, 0.4) is 0 Å². The predicted molar refractivity (Wildman–Crippen MR) is 126 cm³/mol. The average Bonchev–Trinajstić information content (AvgIpc) is 3.10. The van der Waals surface area contributed by atoms with Crippen molar-refractivity contribution in [2.75, 3.05) is 26.2 Å². The van der Waals surface area contributed by atoms with E-state index < -0.39 is 0 Å². The van der Waals surface area contributed by atoms with Gasteiger partial charge in [0.2, 0.25) is 0 Å². The molecule has 2 aromatic carbocycles. The molecule has 2 heterocycles. The number of carbonyl (C=O) groups excluding carboxylic acids is 1. The van der Waals surface area contributed by atoms with Gasteiger partial charge in [-0.15, -0.1) is 0 Å². The highest BCUT2D eigenvalue weighted by molar-refractivity contribution is 9.10. The Balaban J connectivity index is 1.19. The molecule has 160 valence electrons. The van der Waals surface area contributed by atoms with Crippen LogP contribution in [0.1, 0.15) is 30.4 Å². The summed E-state index contributed by atoms with van der Waals surface area (Å²) in [4.78, 5) is 16.8. The zero-order chi connectivity index (χ0) is 20.9. The van der Waals surface area contributed by atoms with Crippen molar-refractivity contribution in [3.05, 3.63) is 69.2 Å². The normalized spacial score (nSPS) is 20.5. The number of nitrogens with zero attached hydrogens (tertiary/aromatic N) is 2. The summed E-state index contributed by atoms with van der Waals surface area (Å²) in [5.41, 5.74) is 2.50. The largest absolute Gasteiger partial charge is 0.333 e. The highest BCUT2D eigenvalue weighted by atomic mass is 79.9. The van der Waals surface area contributed by atoms with Gasteiger partial charge in [0.25, 0.3) is 0 Å². The van der Waals surface area contributed by atoms with Gasteiger partial charge in [0.05, 0.1) is 0 Å². The second-order valence-corrected chi connectivity index (χ2v) is 9.82. The van der Waals surface area contributed by atoms with Crippen molar-refractivity contribution in [1.29, 1.82) is 0 Å². The highest BCUT2D eigenvalue weighted by Crippen LogP contribution is 2.28. The Morgan fingerprint density at radius 1 is 1.10 bits per heavy atom. The first kappa shape index (κ1) is 21.7. The van der Waals surface area contributed by atoms with Gasteiger partial charge in [-0.1, -0.05) is 57.9 Å². The van der Waals surface area contributed by atoms with Crippen LogP contribution in [0, 0.1) is 5.92 Å². The first-order valence-corrected chi connectivity index (χ1v) is 12.0. The van der Waals surface area contributed by atoms with Crippen LogP contribution < -0.4 is 5.32 Å². The summed E-state index contributed by atoms with van der Waals surface area (Å²) in [7, 11) is 0. The summed E-state index contributed by atoms with van der Waals surface area (Å²) in [6.45, 7) is 4.81. The van der Waals surface area contributed by atoms with Crippen LogP contribution in [-0.2, 0) is 13.0 Å². The number of amides is 2. The van der Waals surface area contributed by atoms with E-state index in [4.69, 9.17) is 11.6 Å². The maximum atomic E-state index is 12.3. The molecule has 2 aliphatic rings. The predicted octanol–water partition coefficient (Wildman–Crippen LogP) is 5.34. The molecule has 4 rings (SSSR count). The number of carbonyl (C=O) groups is 1. The molecule has 0 spiro atoms. The third kappa shape index (κ3) is 5.77. The summed E-state index contributed by atoms with van der Waals surface area (Å²) in [5, 5.41) is 3.97. The Hall–Kier alpha value is -1.56. The summed E-state index contributed by atoms with van der Waals surface area (Å²) in [5.74, 6) is 0.712. The molecule has 2 amide bonds.